The Bertz CT molecular complexity index is 347. The molecule has 0 fully saturated rings. The minimum atomic E-state index is -5.94. The van der Waals surface area contributed by atoms with Crippen molar-refractivity contribution in [2.24, 2.45) is 0 Å². The fourth-order valence-corrected chi connectivity index (χ4v) is 2.28. The average molecular weight is 300 g/mol. The van der Waals surface area contributed by atoms with Crippen LogP contribution in [0.3, 0.4) is 0 Å². The predicted octanol–water partition coefficient (Wildman–Crippen LogP) is 1.29. The van der Waals surface area contributed by atoms with Gasteiger partial charge < -0.3 is 14.0 Å². The predicted molar refractivity (Wildman–Crippen MR) is 52.4 cm³/mol. The van der Waals surface area contributed by atoms with E-state index >= 15 is 0 Å². The van der Waals surface area contributed by atoms with E-state index in [1.807, 2.05) is 0 Å². The maximum atomic E-state index is 12.1. The lowest BCUT2D eigenvalue weighted by Gasteiger charge is -2.26. The van der Waals surface area contributed by atoms with Crippen LogP contribution in [0.2, 0.25) is 0 Å². The monoisotopic (exact) mass is 300 g/mol. The van der Waals surface area contributed by atoms with Gasteiger partial charge in [0.1, 0.15) is 0 Å². The van der Waals surface area contributed by atoms with E-state index in [-0.39, 0.29) is 13.2 Å². The third-order valence-electron chi connectivity index (χ3n) is 1.34. The van der Waals surface area contributed by atoms with Crippen molar-refractivity contribution >= 4 is 18.6 Å². The van der Waals surface area contributed by atoms with Crippen molar-refractivity contribution in [3.05, 3.63) is 0 Å². The highest BCUT2D eigenvalue weighted by Crippen LogP contribution is 2.35. The molecule has 0 aliphatic carbocycles. The zero-order chi connectivity index (χ0) is 13.7. The van der Waals surface area contributed by atoms with Crippen molar-refractivity contribution in [1.82, 2.24) is 0 Å². The second kappa shape index (κ2) is 6.14. The second-order valence-electron chi connectivity index (χ2n) is 2.57. The molecule has 11 heteroatoms. The lowest BCUT2D eigenvalue weighted by Crippen LogP contribution is -2.40. The Hall–Kier alpha value is -0.150. The molecule has 104 valence electrons. The molecule has 0 rings (SSSR count). The summed E-state index contributed by atoms with van der Waals surface area (Å²) in [7, 11) is -8.16. The number of hydrogen-bond donors (Lipinski definition) is 0. The van der Waals surface area contributed by atoms with Crippen LogP contribution in [0, 0.1) is 0 Å². The van der Waals surface area contributed by atoms with Gasteiger partial charge in [-0.05, 0) is 13.8 Å². The summed E-state index contributed by atoms with van der Waals surface area (Å²) < 4.78 is 81.3. The molecule has 0 aromatic carbocycles. The zero-order valence-corrected chi connectivity index (χ0v) is 11.0. The van der Waals surface area contributed by atoms with E-state index in [9.17, 15) is 26.2 Å². The summed E-state index contributed by atoms with van der Waals surface area (Å²) in [5.41, 5.74) is -8.33. The first-order chi connectivity index (χ1) is 7.64. The van der Waals surface area contributed by atoms with E-state index < -0.39 is 29.8 Å². The first kappa shape index (κ1) is 16.9. The third-order valence-corrected chi connectivity index (χ3v) is 3.27. The fraction of sp³-hybridized carbons (Fsp3) is 1.00. The van der Waals surface area contributed by atoms with Gasteiger partial charge in [-0.3, -0.25) is 0 Å². The molecule has 0 saturated heterocycles. The van der Waals surface area contributed by atoms with Gasteiger partial charge in [0, 0.05) is 0 Å². The molecule has 0 heterocycles. The molecule has 1 atom stereocenters. The highest BCUT2D eigenvalue weighted by atomic mass is 32.2. The number of halogens is 3. The summed E-state index contributed by atoms with van der Waals surface area (Å²) >= 11 is 0. The van der Waals surface area contributed by atoms with Crippen molar-refractivity contribution < 1.29 is 39.8 Å². The highest BCUT2D eigenvalue weighted by molar-refractivity contribution is 7.87. The molecule has 0 bridgehead atoms. The summed E-state index contributed by atoms with van der Waals surface area (Å²) in [5.74, 6) is 0. The highest BCUT2D eigenvalue weighted by Gasteiger charge is 2.53. The van der Waals surface area contributed by atoms with E-state index in [2.05, 4.69) is 13.7 Å². The summed E-state index contributed by atoms with van der Waals surface area (Å²) in [5, 5.41) is 0. The molecule has 0 saturated carbocycles. The van der Waals surface area contributed by atoms with Gasteiger partial charge in [-0.25, -0.2) is 0 Å². The van der Waals surface area contributed by atoms with Gasteiger partial charge in [0.2, 0.25) is 0 Å². The van der Waals surface area contributed by atoms with Gasteiger partial charge in [0.05, 0.1) is 13.2 Å². The Labute approximate surface area is 97.4 Å². The van der Waals surface area contributed by atoms with Gasteiger partial charge >= 0.3 is 21.3 Å². The number of hydrogen-bond acceptors (Lipinski definition) is 6. The normalized spacial score (nSPS) is 14.6. The Kier molecular flexibility index (Phi) is 6.09. The van der Waals surface area contributed by atoms with E-state index in [0.717, 1.165) is 0 Å². The Morgan fingerprint density at radius 1 is 1.12 bits per heavy atom. The summed E-state index contributed by atoms with van der Waals surface area (Å²) in [4.78, 5) is 0. The van der Waals surface area contributed by atoms with Crippen molar-refractivity contribution in [3.8, 4) is 0 Å². The van der Waals surface area contributed by atoms with Crippen LogP contribution in [-0.4, -0.2) is 32.9 Å². The Morgan fingerprint density at radius 3 is 1.76 bits per heavy atom. The molecule has 1 unspecified atom stereocenters. The van der Waals surface area contributed by atoms with Crippen LogP contribution in [0.4, 0.5) is 13.2 Å². The molecule has 0 N–H and O–H groups in total. The molecular formula is C6H12F3O6PS. The average Bonchev–Trinajstić information content (AvgIpc) is 2.16. The molecule has 0 spiro atoms. The maximum Gasteiger partial charge on any atom is 0.523 e. The molecule has 6 nitrogen and oxygen atoms in total. The third kappa shape index (κ3) is 4.55. The summed E-state index contributed by atoms with van der Waals surface area (Å²) in [6, 6.07) is 0. The fourth-order valence-electron chi connectivity index (χ4n) is 0.780. The van der Waals surface area contributed by atoms with Gasteiger partial charge in [0.25, 0.3) is 0 Å². The smallest absolute Gasteiger partial charge is 0.321 e. The van der Waals surface area contributed by atoms with Gasteiger partial charge in [-0.2, -0.15) is 25.8 Å². The lowest BCUT2D eigenvalue weighted by molar-refractivity contribution is -0.279. The molecule has 0 amide bonds. The standard InChI is InChI=1S/C6H12F3O6PS/c1-3-13-6(16-10,14-4-2)15-17(11,12)5(7,8)9/h3-4,16H2,1-2H3. The van der Waals surface area contributed by atoms with Gasteiger partial charge in [0.15, 0.2) is 8.46 Å². The van der Waals surface area contributed by atoms with Crippen LogP contribution in [0.25, 0.3) is 0 Å². The van der Waals surface area contributed by atoms with Crippen molar-refractivity contribution in [3.63, 3.8) is 0 Å². The largest absolute Gasteiger partial charge is 0.523 e. The van der Waals surface area contributed by atoms with Crippen LogP contribution >= 0.6 is 8.46 Å². The minimum absolute atomic E-state index is 0.234. The topological polar surface area (TPSA) is 78.9 Å². The summed E-state index contributed by atoms with van der Waals surface area (Å²) in [6.07, 6.45) is 0. The molecule has 0 aromatic heterocycles. The molecule has 0 aromatic rings. The van der Waals surface area contributed by atoms with Gasteiger partial charge in [-0.1, -0.05) is 0 Å². The first-order valence-corrected chi connectivity index (χ1v) is 6.86. The van der Waals surface area contributed by atoms with Crippen LogP contribution in [0.5, 0.6) is 0 Å². The lowest BCUT2D eigenvalue weighted by atomic mass is 10.8. The van der Waals surface area contributed by atoms with Crippen molar-refractivity contribution in [2.45, 2.75) is 25.1 Å². The molecule has 17 heavy (non-hydrogen) atoms. The van der Waals surface area contributed by atoms with E-state index in [0.29, 0.717) is 0 Å². The van der Waals surface area contributed by atoms with E-state index in [4.69, 9.17) is 0 Å². The van der Waals surface area contributed by atoms with E-state index in [1.54, 1.807) is 0 Å². The number of ether oxygens (including phenoxy) is 2. The van der Waals surface area contributed by atoms with Crippen LogP contribution in [-0.2, 0) is 28.3 Å². The summed E-state index contributed by atoms with van der Waals surface area (Å²) in [6.45, 7) is 2.24. The molecular weight excluding hydrogens is 288 g/mol. The maximum absolute atomic E-state index is 12.1. The van der Waals surface area contributed by atoms with Crippen LogP contribution < -0.4 is 0 Å². The zero-order valence-electron chi connectivity index (χ0n) is 8.98. The number of alkyl halides is 3. The van der Waals surface area contributed by atoms with Crippen molar-refractivity contribution in [1.29, 1.82) is 0 Å². The minimum Gasteiger partial charge on any atom is -0.321 e. The first-order valence-electron chi connectivity index (χ1n) is 4.40. The second-order valence-corrected chi connectivity index (χ2v) is 5.05. The van der Waals surface area contributed by atoms with Crippen LogP contribution in [0.15, 0.2) is 0 Å². The quantitative estimate of drug-likeness (QED) is 0.305. The number of rotatable bonds is 7. The van der Waals surface area contributed by atoms with Crippen LogP contribution in [0.1, 0.15) is 13.8 Å². The van der Waals surface area contributed by atoms with E-state index in [1.165, 1.54) is 13.8 Å². The SMILES string of the molecule is CCOC(OCC)(OS(=O)(=O)C(F)(F)F)[PH2]=O. The molecule has 0 aliphatic heterocycles. The Morgan fingerprint density at radius 2 is 1.53 bits per heavy atom. The van der Waals surface area contributed by atoms with Gasteiger partial charge in [-0.15, -0.1) is 0 Å². The molecule has 0 radical (unpaired) electrons. The van der Waals surface area contributed by atoms with Crippen molar-refractivity contribution in [2.75, 3.05) is 13.2 Å². The molecule has 0 aliphatic rings. The Balaban J connectivity index is 5.18.